The second kappa shape index (κ2) is 10.2. The molecule has 1 aliphatic heterocycles. The largest absolute Gasteiger partial charge is 0.493 e. The summed E-state index contributed by atoms with van der Waals surface area (Å²) < 4.78 is 16.0. The molecule has 168 valence electrons. The van der Waals surface area contributed by atoms with Gasteiger partial charge in [0.25, 0.3) is 5.91 Å². The average Bonchev–Trinajstić information content (AvgIpc) is 2.78. The van der Waals surface area contributed by atoms with Crippen molar-refractivity contribution in [2.45, 2.75) is 20.0 Å². The SMILES string of the molecule is CCOc1c(Cl)cc(/C=C/C(=O)OC(C)C(=O)N2CC(=O)Nc3ccccc32)cc1OC. The molecule has 0 fully saturated rings. The van der Waals surface area contributed by atoms with Crippen molar-refractivity contribution in [3.8, 4) is 11.5 Å². The zero-order chi connectivity index (χ0) is 23.3. The lowest BCUT2D eigenvalue weighted by molar-refractivity contribution is -0.149. The number of hydrogen-bond donors (Lipinski definition) is 1. The maximum absolute atomic E-state index is 12.8. The Kier molecular flexibility index (Phi) is 7.37. The van der Waals surface area contributed by atoms with Crippen LogP contribution in [0, 0.1) is 0 Å². The predicted octanol–water partition coefficient (Wildman–Crippen LogP) is 3.68. The van der Waals surface area contributed by atoms with Gasteiger partial charge in [0.1, 0.15) is 6.54 Å². The number of rotatable bonds is 7. The summed E-state index contributed by atoms with van der Waals surface area (Å²) in [5.41, 5.74) is 1.66. The highest BCUT2D eigenvalue weighted by Crippen LogP contribution is 2.36. The minimum absolute atomic E-state index is 0.155. The molecular weight excluding hydrogens is 436 g/mol. The maximum Gasteiger partial charge on any atom is 0.331 e. The van der Waals surface area contributed by atoms with E-state index < -0.39 is 18.0 Å². The van der Waals surface area contributed by atoms with E-state index in [2.05, 4.69) is 5.32 Å². The molecule has 1 N–H and O–H groups in total. The number of anilines is 2. The molecule has 1 atom stereocenters. The van der Waals surface area contributed by atoms with Gasteiger partial charge in [0.2, 0.25) is 5.91 Å². The average molecular weight is 459 g/mol. The lowest BCUT2D eigenvalue weighted by Gasteiger charge is -2.30. The standard InChI is InChI=1S/C23H23ClN2O6/c1-4-31-22-16(24)11-15(12-19(22)30-3)9-10-21(28)32-14(2)23(29)26-13-20(27)25-17-7-5-6-8-18(17)26/h5-12,14H,4,13H2,1-3H3,(H,25,27)/b10-9+. The van der Waals surface area contributed by atoms with Crippen molar-refractivity contribution in [3.05, 3.63) is 53.1 Å². The molecule has 8 nitrogen and oxygen atoms in total. The van der Waals surface area contributed by atoms with E-state index in [0.29, 0.717) is 40.1 Å². The zero-order valence-electron chi connectivity index (χ0n) is 17.9. The van der Waals surface area contributed by atoms with E-state index in [4.69, 9.17) is 25.8 Å². The minimum Gasteiger partial charge on any atom is -0.493 e. The first-order valence-corrected chi connectivity index (χ1v) is 10.3. The van der Waals surface area contributed by atoms with Gasteiger partial charge in [-0.15, -0.1) is 0 Å². The first-order valence-electron chi connectivity index (χ1n) is 9.93. The van der Waals surface area contributed by atoms with E-state index in [0.717, 1.165) is 0 Å². The van der Waals surface area contributed by atoms with E-state index in [-0.39, 0.29) is 12.5 Å². The summed E-state index contributed by atoms with van der Waals surface area (Å²) in [7, 11) is 1.49. The minimum atomic E-state index is -1.09. The molecule has 2 aromatic rings. The fraction of sp³-hybridized carbons (Fsp3) is 0.261. The third-order valence-electron chi connectivity index (χ3n) is 4.63. The van der Waals surface area contributed by atoms with Gasteiger partial charge in [-0.1, -0.05) is 23.7 Å². The van der Waals surface area contributed by atoms with Crippen LogP contribution < -0.4 is 19.7 Å². The van der Waals surface area contributed by atoms with Gasteiger partial charge >= 0.3 is 5.97 Å². The van der Waals surface area contributed by atoms with Crippen LogP contribution in [0.15, 0.2) is 42.5 Å². The number of benzene rings is 2. The molecule has 3 rings (SSSR count). The van der Waals surface area contributed by atoms with Gasteiger partial charge < -0.3 is 19.5 Å². The number of ether oxygens (including phenoxy) is 3. The van der Waals surface area contributed by atoms with Crippen LogP contribution in [0.2, 0.25) is 5.02 Å². The van der Waals surface area contributed by atoms with Gasteiger partial charge in [-0.25, -0.2) is 4.79 Å². The monoisotopic (exact) mass is 458 g/mol. The Labute approximate surface area is 190 Å². The Morgan fingerprint density at radius 3 is 2.75 bits per heavy atom. The number of carbonyl (C=O) groups is 3. The van der Waals surface area contributed by atoms with Gasteiger partial charge in [0, 0.05) is 6.08 Å². The topological polar surface area (TPSA) is 94.2 Å². The second-order valence-corrected chi connectivity index (χ2v) is 7.28. The van der Waals surface area contributed by atoms with E-state index in [1.165, 1.54) is 31.1 Å². The molecule has 32 heavy (non-hydrogen) atoms. The Balaban J connectivity index is 1.69. The Morgan fingerprint density at radius 1 is 1.28 bits per heavy atom. The van der Waals surface area contributed by atoms with Crippen LogP contribution in [0.5, 0.6) is 11.5 Å². The quantitative estimate of drug-likeness (QED) is 0.502. The molecule has 0 spiro atoms. The number of esters is 1. The van der Waals surface area contributed by atoms with E-state index in [1.54, 1.807) is 36.4 Å². The Bertz CT molecular complexity index is 1070. The first-order chi connectivity index (χ1) is 15.3. The number of para-hydroxylation sites is 2. The Hall–Kier alpha value is -3.52. The Morgan fingerprint density at radius 2 is 2.03 bits per heavy atom. The summed E-state index contributed by atoms with van der Waals surface area (Å²) in [6.07, 6.45) is 1.59. The fourth-order valence-corrected chi connectivity index (χ4v) is 3.47. The number of nitrogens with zero attached hydrogens (tertiary/aromatic N) is 1. The van der Waals surface area contributed by atoms with Gasteiger partial charge in [-0.2, -0.15) is 0 Å². The molecule has 1 heterocycles. The van der Waals surface area contributed by atoms with Crippen molar-refractivity contribution in [3.63, 3.8) is 0 Å². The number of nitrogens with one attached hydrogen (secondary N) is 1. The van der Waals surface area contributed by atoms with Crippen LogP contribution in [-0.4, -0.2) is 44.1 Å². The highest BCUT2D eigenvalue weighted by Gasteiger charge is 2.31. The molecule has 1 aliphatic rings. The maximum atomic E-state index is 12.8. The van der Waals surface area contributed by atoms with Crippen LogP contribution in [0.25, 0.3) is 6.08 Å². The summed E-state index contributed by atoms with van der Waals surface area (Å²) in [5.74, 6) is -0.694. The van der Waals surface area contributed by atoms with Crippen LogP contribution in [0.1, 0.15) is 19.4 Å². The second-order valence-electron chi connectivity index (χ2n) is 6.87. The smallest absolute Gasteiger partial charge is 0.331 e. The van der Waals surface area contributed by atoms with Crippen molar-refractivity contribution in [1.82, 2.24) is 0 Å². The van der Waals surface area contributed by atoms with Gasteiger partial charge in [0.15, 0.2) is 17.6 Å². The van der Waals surface area contributed by atoms with E-state index in [1.807, 2.05) is 6.92 Å². The molecule has 0 saturated heterocycles. The van der Waals surface area contributed by atoms with Gasteiger partial charge in [-0.05, 0) is 49.8 Å². The molecule has 9 heteroatoms. The van der Waals surface area contributed by atoms with Gasteiger partial charge in [-0.3, -0.25) is 14.5 Å². The van der Waals surface area contributed by atoms with Crippen molar-refractivity contribution >= 4 is 46.8 Å². The summed E-state index contributed by atoms with van der Waals surface area (Å²) in [4.78, 5) is 38.4. The molecule has 2 aromatic carbocycles. The molecule has 2 amide bonds. The third-order valence-corrected chi connectivity index (χ3v) is 4.91. The molecular formula is C23H23ClN2O6. The molecule has 0 bridgehead atoms. The number of amides is 2. The number of fused-ring (bicyclic) bond motifs is 1. The molecule has 0 aromatic heterocycles. The highest BCUT2D eigenvalue weighted by atomic mass is 35.5. The van der Waals surface area contributed by atoms with Crippen molar-refractivity contribution < 1.29 is 28.6 Å². The predicted molar refractivity (Wildman–Crippen MR) is 121 cm³/mol. The number of methoxy groups -OCH3 is 1. The van der Waals surface area contributed by atoms with Crippen LogP contribution in [0.4, 0.5) is 11.4 Å². The van der Waals surface area contributed by atoms with Crippen molar-refractivity contribution in [2.24, 2.45) is 0 Å². The van der Waals surface area contributed by atoms with E-state index in [9.17, 15) is 14.4 Å². The lowest BCUT2D eigenvalue weighted by atomic mass is 10.1. The molecule has 1 unspecified atom stereocenters. The normalized spacial score (nSPS) is 13.9. The molecule has 0 radical (unpaired) electrons. The molecule has 0 saturated carbocycles. The molecule has 0 aliphatic carbocycles. The van der Waals surface area contributed by atoms with Crippen LogP contribution in [-0.2, 0) is 19.1 Å². The zero-order valence-corrected chi connectivity index (χ0v) is 18.6. The highest BCUT2D eigenvalue weighted by molar-refractivity contribution is 6.32. The number of carbonyl (C=O) groups excluding carboxylic acids is 3. The summed E-state index contributed by atoms with van der Waals surface area (Å²) in [6, 6.07) is 10.2. The van der Waals surface area contributed by atoms with E-state index >= 15 is 0 Å². The van der Waals surface area contributed by atoms with Crippen molar-refractivity contribution in [2.75, 3.05) is 30.5 Å². The van der Waals surface area contributed by atoms with Gasteiger partial charge in [0.05, 0.1) is 30.1 Å². The summed E-state index contributed by atoms with van der Waals surface area (Å²) in [6.45, 7) is 3.56. The van der Waals surface area contributed by atoms with Crippen LogP contribution >= 0.6 is 11.6 Å². The van der Waals surface area contributed by atoms with Crippen molar-refractivity contribution in [1.29, 1.82) is 0 Å². The number of hydrogen-bond acceptors (Lipinski definition) is 6. The summed E-state index contributed by atoms with van der Waals surface area (Å²) >= 11 is 6.23. The first kappa shape index (κ1) is 23.1. The van der Waals surface area contributed by atoms with Crippen LogP contribution in [0.3, 0.4) is 0 Å². The fourth-order valence-electron chi connectivity index (χ4n) is 3.20. The third kappa shape index (κ3) is 5.20. The lowest BCUT2D eigenvalue weighted by Crippen LogP contribution is -2.46. The summed E-state index contributed by atoms with van der Waals surface area (Å²) in [5, 5.41) is 3.04. The number of halogens is 1.